The standard InChI is InChI=1S/C14H17/c1-2-4-13(5-3-1)14-9-6-12(7-10-14)8-11-14/h1-5H,6-11H2. The SMILES string of the molecule is c1ccc(C23CC[C](CC2)CC3)cc1. The third-order valence-electron chi connectivity index (χ3n) is 4.26. The predicted molar refractivity (Wildman–Crippen MR) is 59.1 cm³/mol. The molecule has 0 atom stereocenters. The summed E-state index contributed by atoms with van der Waals surface area (Å²) in [5.41, 5.74) is 2.15. The Bertz CT molecular complexity index is 290. The molecule has 0 heterocycles. The van der Waals surface area contributed by atoms with Gasteiger partial charge in [-0.25, -0.2) is 0 Å². The van der Waals surface area contributed by atoms with Crippen LogP contribution in [0, 0.1) is 5.92 Å². The summed E-state index contributed by atoms with van der Waals surface area (Å²) < 4.78 is 0. The monoisotopic (exact) mass is 185 g/mol. The average Bonchev–Trinajstić information content (AvgIpc) is 2.33. The van der Waals surface area contributed by atoms with E-state index in [-0.39, 0.29) is 0 Å². The van der Waals surface area contributed by atoms with Crippen LogP contribution in [0.5, 0.6) is 0 Å². The highest BCUT2D eigenvalue weighted by molar-refractivity contribution is 5.29. The Hall–Kier alpha value is -0.780. The molecule has 0 aliphatic heterocycles. The van der Waals surface area contributed by atoms with Crippen LogP contribution in [0.3, 0.4) is 0 Å². The first-order valence-electron chi connectivity index (χ1n) is 5.78. The van der Waals surface area contributed by atoms with Crippen molar-refractivity contribution in [1.82, 2.24) is 0 Å². The lowest BCUT2D eigenvalue weighted by molar-refractivity contribution is 0.225. The molecule has 1 aromatic carbocycles. The fourth-order valence-corrected chi connectivity index (χ4v) is 3.22. The Labute approximate surface area is 86.3 Å². The van der Waals surface area contributed by atoms with Gasteiger partial charge in [0, 0.05) is 0 Å². The van der Waals surface area contributed by atoms with Crippen LogP contribution in [0.2, 0.25) is 0 Å². The molecular formula is C14H17. The molecule has 0 amide bonds. The van der Waals surface area contributed by atoms with Crippen molar-refractivity contribution in [2.75, 3.05) is 0 Å². The molecule has 0 nitrogen and oxygen atoms in total. The summed E-state index contributed by atoms with van der Waals surface area (Å²) in [5.74, 6) is 1.84. The summed E-state index contributed by atoms with van der Waals surface area (Å²) >= 11 is 0. The summed E-state index contributed by atoms with van der Waals surface area (Å²) in [7, 11) is 0. The van der Waals surface area contributed by atoms with E-state index in [1.807, 2.05) is 5.92 Å². The van der Waals surface area contributed by atoms with Crippen LogP contribution in [0.4, 0.5) is 0 Å². The lowest BCUT2D eigenvalue weighted by Crippen LogP contribution is -2.36. The zero-order chi connectivity index (χ0) is 9.43. The van der Waals surface area contributed by atoms with Crippen molar-refractivity contribution >= 4 is 0 Å². The first-order valence-corrected chi connectivity index (χ1v) is 5.78. The van der Waals surface area contributed by atoms with Gasteiger partial charge in [-0.15, -0.1) is 0 Å². The van der Waals surface area contributed by atoms with E-state index in [1.165, 1.54) is 38.5 Å². The molecule has 4 rings (SSSR count). The van der Waals surface area contributed by atoms with Crippen molar-refractivity contribution in [3.8, 4) is 0 Å². The van der Waals surface area contributed by atoms with Crippen LogP contribution in [-0.2, 0) is 5.41 Å². The minimum Gasteiger partial charge on any atom is -0.0622 e. The smallest absolute Gasteiger partial charge is 0.00463 e. The third kappa shape index (κ3) is 1.20. The molecule has 1 radical (unpaired) electrons. The fraction of sp³-hybridized carbons (Fsp3) is 0.500. The number of fused-ring (bicyclic) bond motifs is 3. The van der Waals surface area contributed by atoms with Crippen molar-refractivity contribution in [2.24, 2.45) is 0 Å². The third-order valence-corrected chi connectivity index (χ3v) is 4.26. The predicted octanol–water partition coefficient (Wildman–Crippen LogP) is 3.87. The zero-order valence-corrected chi connectivity index (χ0v) is 8.63. The maximum absolute atomic E-state index is 2.33. The number of hydrogen-bond acceptors (Lipinski definition) is 0. The number of rotatable bonds is 1. The van der Waals surface area contributed by atoms with E-state index in [9.17, 15) is 0 Å². The summed E-state index contributed by atoms with van der Waals surface area (Å²) in [4.78, 5) is 0. The molecule has 0 heteroatoms. The molecule has 0 saturated heterocycles. The molecule has 0 N–H and O–H groups in total. The minimum absolute atomic E-state index is 0.559. The van der Waals surface area contributed by atoms with Crippen molar-refractivity contribution in [2.45, 2.75) is 43.9 Å². The highest BCUT2D eigenvalue weighted by atomic mass is 14.5. The van der Waals surface area contributed by atoms with Gasteiger partial charge < -0.3 is 0 Å². The van der Waals surface area contributed by atoms with Crippen LogP contribution >= 0.6 is 0 Å². The Morgan fingerprint density at radius 1 is 0.786 bits per heavy atom. The molecule has 14 heavy (non-hydrogen) atoms. The van der Waals surface area contributed by atoms with E-state index in [0.29, 0.717) is 5.41 Å². The van der Waals surface area contributed by atoms with Gasteiger partial charge in [0.25, 0.3) is 0 Å². The van der Waals surface area contributed by atoms with Crippen molar-refractivity contribution in [1.29, 1.82) is 0 Å². The Morgan fingerprint density at radius 2 is 1.36 bits per heavy atom. The van der Waals surface area contributed by atoms with Gasteiger partial charge in [-0.1, -0.05) is 30.3 Å². The fourth-order valence-electron chi connectivity index (χ4n) is 3.22. The maximum Gasteiger partial charge on any atom is -0.00463 e. The number of hydrogen-bond donors (Lipinski definition) is 0. The van der Waals surface area contributed by atoms with E-state index >= 15 is 0 Å². The van der Waals surface area contributed by atoms with Crippen molar-refractivity contribution in [3.63, 3.8) is 0 Å². The first kappa shape index (κ1) is 8.52. The van der Waals surface area contributed by atoms with Gasteiger partial charge >= 0.3 is 0 Å². The van der Waals surface area contributed by atoms with E-state index < -0.39 is 0 Å². The second-order valence-corrected chi connectivity index (χ2v) is 4.90. The largest absolute Gasteiger partial charge is 0.0622 e. The molecule has 0 spiro atoms. The van der Waals surface area contributed by atoms with E-state index in [2.05, 4.69) is 30.3 Å². The molecule has 3 aliphatic carbocycles. The van der Waals surface area contributed by atoms with Gasteiger partial charge in [-0.2, -0.15) is 0 Å². The lowest BCUT2D eigenvalue weighted by atomic mass is 9.58. The second-order valence-electron chi connectivity index (χ2n) is 4.90. The van der Waals surface area contributed by atoms with E-state index in [1.54, 1.807) is 5.56 Å². The van der Waals surface area contributed by atoms with Crippen LogP contribution in [0.25, 0.3) is 0 Å². The summed E-state index contributed by atoms with van der Waals surface area (Å²) in [6, 6.07) is 11.2. The van der Waals surface area contributed by atoms with E-state index in [0.717, 1.165) is 0 Å². The molecule has 3 saturated carbocycles. The molecule has 1 aromatic rings. The highest BCUT2D eigenvalue weighted by Crippen LogP contribution is 2.52. The zero-order valence-electron chi connectivity index (χ0n) is 8.63. The molecule has 0 aromatic heterocycles. The Morgan fingerprint density at radius 3 is 1.93 bits per heavy atom. The van der Waals surface area contributed by atoms with Gasteiger partial charge in [0.15, 0.2) is 0 Å². The van der Waals surface area contributed by atoms with Gasteiger partial charge in [0.1, 0.15) is 0 Å². The molecule has 3 aliphatic rings. The first-order chi connectivity index (χ1) is 6.89. The number of benzene rings is 1. The van der Waals surface area contributed by atoms with Crippen LogP contribution in [0.1, 0.15) is 44.1 Å². The van der Waals surface area contributed by atoms with Gasteiger partial charge in [-0.3, -0.25) is 0 Å². The van der Waals surface area contributed by atoms with Gasteiger partial charge in [0.2, 0.25) is 0 Å². The summed E-state index contributed by atoms with van der Waals surface area (Å²) in [5, 5.41) is 0. The maximum atomic E-state index is 2.33. The van der Waals surface area contributed by atoms with Gasteiger partial charge in [-0.05, 0) is 55.4 Å². The molecular weight excluding hydrogens is 168 g/mol. The van der Waals surface area contributed by atoms with Crippen LogP contribution in [-0.4, -0.2) is 0 Å². The minimum atomic E-state index is 0.559. The molecule has 73 valence electrons. The topological polar surface area (TPSA) is 0 Å². The quantitative estimate of drug-likeness (QED) is 0.623. The molecule has 0 unspecified atom stereocenters. The Balaban J connectivity index is 1.96. The van der Waals surface area contributed by atoms with Crippen LogP contribution in [0.15, 0.2) is 30.3 Å². The van der Waals surface area contributed by atoms with E-state index in [4.69, 9.17) is 0 Å². The summed E-state index contributed by atoms with van der Waals surface area (Å²) in [6.45, 7) is 0. The van der Waals surface area contributed by atoms with Crippen LogP contribution < -0.4 is 0 Å². The van der Waals surface area contributed by atoms with Gasteiger partial charge in [0.05, 0.1) is 0 Å². The van der Waals surface area contributed by atoms with Crippen molar-refractivity contribution < 1.29 is 0 Å². The summed E-state index contributed by atoms with van der Waals surface area (Å²) in [6.07, 6.45) is 8.42. The molecule has 2 bridgehead atoms. The normalized spacial score (nSPS) is 25.1. The molecule has 3 fully saturated rings. The second kappa shape index (κ2) is 3.12. The Kier molecular flexibility index (Phi) is 1.90. The van der Waals surface area contributed by atoms with Crippen molar-refractivity contribution in [3.05, 3.63) is 41.8 Å². The lowest BCUT2D eigenvalue weighted by Gasteiger charge is -2.46. The highest BCUT2D eigenvalue weighted by Gasteiger charge is 2.41. The average molecular weight is 185 g/mol.